The number of hydrogen-bond acceptors (Lipinski definition) is 3. The minimum atomic E-state index is 0.846. The fourth-order valence-electron chi connectivity index (χ4n) is 1.51. The second-order valence-electron chi connectivity index (χ2n) is 3.70. The van der Waals surface area contributed by atoms with Crippen molar-refractivity contribution in [1.82, 2.24) is 10.3 Å². The van der Waals surface area contributed by atoms with Crippen LogP contribution in [0.1, 0.15) is 5.56 Å². The molecule has 0 unspecified atom stereocenters. The number of rotatable bonds is 4. The summed E-state index contributed by atoms with van der Waals surface area (Å²) in [6.07, 6.45) is 1.82. The Balaban J connectivity index is 2.25. The number of pyridine rings is 1. The van der Waals surface area contributed by atoms with Crippen molar-refractivity contribution in [3.8, 4) is 0 Å². The number of halogens is 2. The van der Waals surface area contributed by atoms with E-state index < -0.39 is 0 Å². The molecular formula is C13H12Br2N2S. The van der Waals surface area contributed by atoms with Crippen molar-refractivity contribution >= 4 is 43.6 Å². The van der Waals surface area contributed by atoms with Gasteiger partial charge in [-0.2, -0.15) is 0 Å². The number of hydrogen-bond donors (Lipinski definition) is 1. The average molecular weight is 388 g/mol. The molecule has 0 aliphatic heterocycles. The molecule has 1 N–H and O–H groups in total. The van der Waals surface area contributed by atoms with E-state index in [0.717, 1.165) is 20.5 Å². The van der Waals surface area contributed by atoms with E-state index in [1.807, 2.05) is 25.4 Å². The van der Waals surface area contributed by atoms with E-state index in [1.54, 1.807) is 11.8 Å². The van der Waals surface area contributed by atoms with Crippen molar-refractivity contribution in [3.05, 3.63) is 51.0 Å². The third-order valence-electron chi connectivity index (χ3n) is 2.30. The first-order valence-corrected chi connectivity index (χ1v) is 7.82. The first-order valence-electron chi connectivity index (χ1n) is 5.41. The molecule has 0 radical (unpaired) electrons. The molecule has 0 spiro atoms. The van der Waals surface area contributed by atoms with E-state index >= 15 is 0 Å². The molecule has 2 nitrogen and oxygen atoms in total. The second kappa shape index (κ2) is 6.70. The van der Waals surface area contributed by atoms with Crippen LogP contribution in [0, 0.1) is 0 Å². The Morgan fingerprint density at radius 3 is 2.61 bits per heavy atom. The van der Waals surface area contributed by atoms with E-state index in [-0.39, 0.29) is 0 Å². The third kappa shape index (κ3) is 3.82. The van der Waals surface area contributed by atoms with Gasteiger partial charge in [0.2, 0.25) is 0 Å². The van der Waals surface area contributed by atoms with Crippen LogP contribution in [-0.4, -0.2) is 12.0 Å². The largest absolute Gasteiger partial charge is 0.316 e. The third-order valence-corrected chi connectivity index (χ3v) is 4.34. The van der Waals surface area contributed by atoms with Gasteiger partial charge in [0.05, 0.1) is 0 Å². The molecule has 0 atom stereocenters. The lowest BCUT2D eigenvalue weighted by Gasteiger charge is -2.09. The maximum Gasteiger partial charge on any atom is 0.101 e. The quantitative estimate of drug-likeness (QED) is 0.837. The molecule has 1 aromatic carbocycles. The van der Waals surface area contributed by atoms with Gasteiger partial charge in [0.15, 0.2) is 0 Å². The monoisotopic (exact) mass is 386 g/mol. The lowest BCUT2D eigenvalue weighted by Crippen LogP contribution is -2.06. The number of nitrogens with zero attached hydrogens (tertiary/aromatic N) is 1. The summed E-state index contributed by atoms with van der Waals surface area (Å²) in [7, 11) is 1.95. The van der Waals surface area contributed by atoms with E-state index in [1.165, 1.54) is 10.5 Å². The molecule has 0 bridgehead atoms. The minimum absolute atomic E-state index is 0.846. The van der Waals surface area contributed by atoms with Crippen LogP contribution in [0.25, 0.3) is 0 Å². The Morgan fingerprint density at radius 2 is 1.94 bits per heavy atom. The van der Waals surface area contributed by atoms with Crippen LogP contribution in [0.3, 0.4) is 0 Å². The summed E-state index contributed by atoms with van der Waals surface area (Å²) in [5, 5.41) is 4.18. The van der Waals surface area contributed by atoms with Gasteiger partial charge in [0.1, 0.15) is 5.03 Å². The van der Waals surface area contributed by atoms with Crippen molar-refractivity contribution in [1.29, 1.82) is 0 Å². The lowest BCUT2D eigenvalue weighted by molar-refractivity contribution is 0.802. The second-order valence-corrected chi connectivity index (χ2v) is 6.59. The van der Waals surface area contributed by atoms with Crippen molar-refractivity contribution in [3.63, 3.8) is 0 Å². The van der Waals surface area contributed by atoms with Gasteiger partial charge in [0.25, 0.3) is 0 Å². The highest BCUT2D eigenvalue weighted by molar-refractivity contribution is 9.10. The maximum atomic E-state index is 4.38. The smallest absolute Gasteiger partial charge is 0.101 e. The van der Waals surface area contributed by atoms with Gasteiger partial charge >= 0.3 is 0 Å². The molecular weight excluding hydrogens is 376 g/mol. The van der Waals surface area contributed by atoms with Crippen LogP contribution < -0.4 is 5.32 Å². The van der Waals surface area contributed by atoms with Crippen LogP contribution in [0.15, 0.2) is 55.4 Å². The van der Waals surface area contributed by atoms with Gasteiger partial charge < -0.3 is 5.32 Å². The summed E-state index contributed by atoms with van der Waals surface area (Å²) >= 11 is 8.57. The molecule has 5 heteroatoms. The van der Waals surface area contributed by atoms with Gasteiger partial charge in [-0.15, -0.1) is 0 Å². The summed E-state index contributed by atoms with van der Waals surface area (Å²) in [5.41, 5.74) is 1.27. The Labute approximate surface area is 128 Å². The fourth-order valence-corrected chi connectivity index (χ4v) is 3.02. The molecule has 1 aromatic heterocycles. The number of aromatic nitrogens is 1. The maximum absolute atomic E-state index is 4.38. The predicted octanol–water partition coefficient (Wildman–Crippen LogP) is 4.48. The zero-order valence-electron chi connectivity index (χ0n) is 9.78. The van der Waals surface area contributed by atoms with Gasteiger partial charge in [-0.1, -0.05) is 27.7 Å². The van der Waals surface area contributed by atoms with E-state index in [4.69, 9.17) is 0 Å². The number of nitrogens with one attached hydrogen (secondary N) is 1. The van der Waals surface area contributed by atoms with E-state index in [0.29, 0.717) is 0 Å². The van der Waals surface area contributed by atoms with Gasteiger partial charge in [-0.05, 0) is 58.9 Å². The average Bonchev–Trinajstić information content (AvgIpc) is 2.36. The molecule has 0 amide bonds. The predicted molar refractivity (Wildman–Crippen MR) is 83.0 cm³/mol. The van der Waals surface area contributed by atoms with Gasteiger partial charge in [-0.25, -0.2) is 4.98 Å². The zero-order chi connectivity index (χ0) is 13.0. The summed E-state index contributed by atoms with van der Waals surface area (Å²) in [6.45, 7) is 0.846. The van der Waals surface area contributed by atoms with Crippen molar-refractivity contribution in [2.24, 2.45) is 0 Å². The molecule has 2 rings (SSSR count). The Kier molecular flexibility index (Phi) is 5.24. The van der Waals surface area contributed by atoms with Crippen molar-refractivity contribution < 1.29 is 0 Å². The SMILES string of the molecule is CNCc1cc(Br)ccc1Sc1ccc(Br)cn1. The molecule has 0 fully saturated rings. The molecule has 1 heterocycles. The topological polar surface area (TPSA) is 24.9 Å². The summed E-state index contributed by atoms with van der Waals surface area (Å²) in [4.78, 5) is 5.61. The first kappa shape index (κ1) is 14.1. The zero-order valence-corrected chi connectivity index (χ0v) is 13.8. The molecule has 18 heavy (non-hydrogen) atoms. The Hall–Kier alpha value is -0.360. The van der Waals surface area contributed by atoms with Gasteiger partial charge in [-0.3, -0.25) is 0 Å². The normalized spacial score (nSPS) is 10.6. The molecule has 0 saturated heterocycles. The van der Waals surface area contributed by atoms with Crippen LogP contribution in [0.2, 0.25) is 0 Å². The highest BCUT2D eigenvalue weighted by Crippen LogP contribution is 2.31. The summed E-state index contributed by atoms with van der Waals surface area (Å²) in [6, 6.07) is 10.3. The Bertz CT molecular complexity index is 529. The fraction of sp³-hybridized carbons (Fsp3) is 0.154. The number of benzene rings is 1. The minimum Gasteiger partial charge on any atom is -0.316 e. The standard InChI is InChI=1S/C13H12Br2N2S/c1-16-7-9-6-10(14)2-4-12(9)18-13-5-3-11(15)8-17-13/h2-6,8,16H,7H2,1H3. The van der Waals surface area contributed by atoms with E-state index in [9.17, 15) is 0 Å². The lowest BCUT2D eigenvalue weighted by atomic mass is 10.2. The molecule has 0 aliphatic carbocycles. The summed E-state index contributed by atoms with van der Waals surface area (Å²) in [5.74, 6) is 0. The van der Waals surface area contributed by atoms with Crippen LogP contribution >= 0.6 is 43.6 Å². The highest BCUT2D eigenvalue weighted by atomic mass is 79.9. The van der Waals surface area contributed by atoms with Crippen molar-refractivity contribution in [2.75, 3.05) is 7.05 Å². The molecule has 0 saturated carbocycles. The van der Waals surface area contributed by atoms with Crippen LogP contribution in [-0.2, 0) is 6.54 Å². The Morgan fingerprint density at radius 1 is 1.17 bits per heavy atom. The summed E-state index contributed by atoms with van der Waals surface area (Å²) < 4.78 is 2.10. The molecule has 94 valence electrons. The van der Waals surface area contributed by atoms with E-state index in [2.05, 4.69) is 60.4 Å². The molecule has 2 aromatic rings. The van der Waals surface area contributed by atoms with Gasteiger partial charge in [0, 0.05) is 26.6 Å². The van der Waals surface area contributed by atoms with Crippen molar-refractivity contribution in [2.45, 2.75) is 16.5 Å². The van der Waals surface area contributed by atoms with Crippen LogP contribution in [0.5, 0.6) is 0 Å². The highest BCUT2D eigenvalue weighted by Gasteiger charge is 2.05. The van der Waals surface area contributed by atoms with Crippen LogP contribution in [0.4, 0.5) is 0 Å². The first-order chi connectivity index (χ1) is 8.69. The molecule has 0 aliphatic rings.